The molecule has 0 aliphatic heterocycles. The molecule has 8 nitrogen and oxygen atoms in total. The Morgan fingerprint density at radius 3 is 2.58 bits per heavy atom. The Balaban J connectivity index is 1.39. The Morgan fingerprint density at radius 2 is 1.84 bits per heavy atom. The van der Waals surface area contributed by atoms with Crippen molar-refractivity contribution in [2.24, 2.45) is 0 Å². The Kier molecular flexibility index (Phi) is 7.70. The summed E-state index contributed by atoms with van der Waals surface area (Å²) in [5.41, 5.74) is 1.36. The first kappa shape index (κ1) is 21.5. The molecule has 0 unspecified atom stereocenters. The van der Waals surface area contributed by atoms with Gasteiger partial charge in [0.25, 0.3) is 5.69 Å². The van der Waals surface area contributed by atoms with Crippen LogP contribution in [0.5, 0.6) is 11.6 Å². The fourth-order valence-corrected chi connectivity index (χ4v) is 2.59. The number of carbonyl (C=O) groups excluding carboxylic acids is 1. The van der Waals surface area contributed by atoms with Crippen molar-refractivity contribution in [2.75, 3.05) is 13.2 Å². The quantitative estimate of drug-likeness (QED) is 0.232. The van der Waals surface area contributed by atoms with Crippen LogP contribution in [0.4, 0.5) is 5.69 Å². The number of para-hydroxylation sites is 1. The molecule has 1 amide bonds. The zero-order chi connectivity index (χ0) is 21.9. The fourth-order valence-electron chi connectivity index (χ4n) is 2.59. The SMILES string of the molecule is O=C(/C=C/c1cccc([N+](=O)[O-])c1)NCc1ccc(OCCOc2ccccc2)nc1. The van der Waals surface area contributed by atoms with Crippen LogP contribution in [0, 0.1) is 10.1 Å². The number of benzene rings is 2. The van der Waals surface area contributed by atoms with E-state index in [2.05, 4.69) is 10.3 Å². The summed E-state index contributed by atoms with van der Waals surface area (Å²) < 4.78 is 11.1. The number of nitro benzene ring substituents is 1. The van der Waals surface area contributed by atoms with Gasteiger partial charge in [-0.2, -0.15) is 0 Å². The van der Waals surface area contributed by atoms with E-state index in [1.807, 2.05) is 36.4 Å². The average molecular weight is 419 g/mol. The van der Waals surface area contributed by atoms with E-state index in [1.165, 1.54) is 24.3 Å². The van der Waals surface area contributed by atoms with E-state index in [9.17, 15) is 14.9 Å². The van der Waals surface area contributed by atoms with Gasteiger partial charge in [0.2, 0.25) is 11.8 Å². The number of nitro groups is 1. The molecule has 0 saturated carbocycles. The smallest absolute Gasteiger partial charge is 0.270 e. The van der Waals surface area contributed by atoms with E-state index < -0.39 is 4.92 Å². The number of carbonyl (C=O) groups is 1. The van der Waals surface area contributed by atoms with Gasteiger partial charge < -0.3 is 14.8 Å². The third-order valence-electron chi connectivity index (χ3n) is 4.12. The second kappa shape index (κ2) is 11.1. The molecule has 158 valence electrons. The van der Waals surface area contributed by atoms with Crippen LogP contribution < -0.4 is 14.8 Å². The topological polar surface area (TPSA) is 104 Å². The number of ether oxygens (including phenoxy) is 2. The molecule has 1 aromatic heterocycles. The summed E-state index contributed by atoms with van der Waals surface area (Å²) in [5.74, 6) is 0.937. The summed E-state index contributed by atoms with van der Waals surface area (Å²) in [5, 5.41) is 13.5. The molecule has 0 saturated heterocycles. The second-order valence-corrected chi connectivity index (χ2v) is 6.42. The molecule has 0 radical (unpaired) electrons. The van der Waals surface area contributed by atoms with Crippen molar-refractivity contribution in [3.05, 3.63) is 100 Å². The summed E-state index contributed by atoms with van der Waals surface area (Å²) >= 11 is 0. The molecule has 0 aliphatic carbocycles. The molecule has 2 aromatic carbocycles. The van der Waals surface area contributed by atoms with Crippen molar-refractivity contribution < 1.29 is 19.2 Å². The lowest BCUT2D eigenvalue weighted by Crippen LogP contribution is -2.20. The number of nitrogens with zero attached hydrogens (tertiary/aromatic N) is 2. The number of nitrogens with one attached hydrogen (secondary N) is 1. The van der Waals surface area contributed by atoms with E-state index in [0.29, 0.717) is 31.2 Å². The number of non-ortho nitro benzene ring substituents is 1. The number of rotatable bonds is 10. The minimum Gasteiger partial charge on any atom is -0.490 e. The molecule has 0 spiro atoms. The largest absolute Gasteiger partial charge is 0.490 e. The molecule has 1 N–H and O–H groups in total. The Bertz CT molecular complexity index is 1040. The summed E-state index contributed by atoms with van der Waals surface area (Å²) in [4.78, 5) is 26.5. The third-order valence-corrected chi connectivity index (χ3v) is 4.12. The van der Waals surface area contributed by atoms with Crippen molar-refractivity contribution in [1.29, 1.82) is 0 Å². The summed E-state index contributed by atoms with van der Waals surface area (Å²) in [6.07, 6.45) is 4.48. The van der Waals surface area contributed by atoms with Crippen molar-refractivity contribution in [3.63, 3.8) is 0 Å². The highest BCUT2D eigenvalue weighted by molar-refractivity contribution is 5.91. The highest BCUT2D eigenvalue weighted by atomic mass is 16.6. The van der Waals surface area contributed by atoms with E-state index in [-0.39, 0.29) is 11.6 Å². The lowest BCUT2D eigenvalue weighted by Gasteiger charge is -2.08. The van der Waals surface area contributed by atoms with Crippen molar-refractivity contribution in [2.45, 2.75) is 6.54 Å². The lowest BCUT2D eigenvalue weighted by molar-refractivity contribution is -0.384. The predicted molar refractivity (Wildman–Crippen MR) is 116 cm³/mol. The van der Waals surface area contributed by atoms with Crippen LogP contribution in [0.25, 0.3) is 6.08 Å². The van der Waals surface area contributed by atoms with Gasteiger partial charge in [-0.3, -0.25) is 14.9 Å². The fraction of sp³-hybridized carbons (Fsp3) is 0.130. The molecule has 8 heteroatoms. The molecule has 1 heterocycles. The third kappa shape index (κ3) is 7.28. The van der Waals surface area contributed by atoms with Crippen molar-refractivity contribution >= 4 is 17.7 Å². The van der Waals surface area contributed by atoms with Crippen LogP contribution >= 0.6 is 0 Å². The minimum atomic E-state index is -0.478. The maximum absolute atomic E-state index is 12.0. The highest BCUT2D eigenvalue weighted by Gasteiger charge is 2.04. The summed E-state index contributed by atoms with van der Waals surface area (Å²) in [7, 11) is 0. The second-order valence-electron chi connectivity index (χ2n) is 6.42. The average Bonchev–Trinajstić information content (AvgIpc) is 2.81. The van der Waals surface area contributed by atoms with Gasteiger partial charge in [-0.25, -0.2) is 4.98 Å². The molecule has 0 aliphatic rings. The first-order valence-electron chi connectivity index (χ1n) is 9.56. The normalized spacial score (nSPS) is 10.6. The number of hydrogen-bond donors (Lipinski definition) is 1. The van der Waals surface area contributed by atoms with Crippen LogP contribution in [0.15, 0.2) is 79.0 Å². The van der Waals surface area contributed by atoms with E-state index >= 15 is 0 Å². The van der Waals surface area contributed by atoms with Crippen LogP contribution in [0.2, 0.25) is 0 Å². The summed E-state index contributed by atoms with van der Waals surface area (Å²) in [6.45, 7) is 1.06. The van der Waals surface area contributed by atoms with E-state index in [4.69, 9.17) is 9.47 Å². The molecule has 0 atom stereocenters. The van der Waals surface area contributed by atoms with E-state index in [1.54, 1.807) is 24.4 Å². The van der Waals surface area contributed by atoms with Gasteiger partial charge >= 0.3 is 0 Å². The standard InChI is InChI=1S/C23H21N3O5/c27-22(11-9-18-5-4-6-20(15-18)26(28)29)24-16-19-10-12-23(25-17-19)31-14-13-30-21-7-2-1-3-8-21/h1-12,15,17H,13-14,16H2,(H,24,27)/b11-9+. The Hall–Kier alpha value is -4.20. The molecular formula is C23H21N3O5. The molecule has 0 bridgehead atoms. The lowest BCUT2D eigenvalue weighted by atomic mass is 10.2. The molecular weight excluding hydrogens is 398 g/mol. The maximum atomic E-state index is 12.0. The summed E-state index contributed by atoms with van der Waals surface area (Å²) in [6, 6.07) is 19.1. The van der Waals surface area contributed by atoms with Gasteiger partial charge in [0.05, 0.1) is 4.92 Å². The van der Waals surface area contributed by atoms with Gasteiger partial charge in [0, 0.05) is 37.0 Å². The molecule has 3 rings (SSSR count). The van der Waals surface area contributed by atoms with Gasteiger partial charge in [-0.05, 0) is 29.3 Å². The molecule has 0 fully saturated rings. The Labute approximate surface area is 179 Å². The zero-order valence-corrected chi connectivity index (χ0v) is 16.6. The number of amides is 1. The maximum Gasteiger partial charge on any atom is 0.270 e. The predicted octanol–water partition coefficient (Wildman–Crippen LogP) is 3.78. The first-order valence-corrected chi connectivity index (χ1v) is 9.56. The van der Waals surface area contributed by atoms with Crippen molar-refractivity contribution in [1.82, 2.24) is 10.3 Å². The van der Waals surface area contributed by atoms with Gasteiger partial charge in [-0.15, -0.1) is 0 Å². The van der Waals surface area contributed by atoms with Crippen molar-refractivity contribution in [3.8, 4) is 11.6 Å². The van der Waals surface area contributed by atoms with Crippen LogP contribution in [-0.4, -0.2) is 29.0 Å². The monoisotopic (exact) mass is 419 g/mol. The highest BCUT2D eigenvalue weighted by Crippen LogP contribution is 2.14. The Morgan fingerprint density at radius 1 is 1.03 bits per heavy atom. The van der Waals surface area contributed by atoms with Gasteiger partial charge in [0.1, 0.15) is 19.0 Å². The number of hydrogen-bond acceptors (Lipinski definition) is 6. The van der Waals surface area contributed by atoms with Crippen LogP contribution in [0.3, 0.4) is 0 Å². The van der Waals surface area contributed by atoms with Crippen LogP contribution in [0.1, 0.15) is 11.1 Å². The number of pyridine rings is 1. The van der Waals surface area contributed by atoms with Gasteiger partial charge in [0.15, 0.2) is 0 Å². The zero-order valence-electron chi connectivity index (χ0n) is 16.6. The first-order chi connectivity index (χ1) is 15.1. The minimum absolute atomic E-state index is 0.0254. The van der Waals surface area contributed by atoms with Gasteiger partial charge in [-0.1, -0.05) is 36.4 Å². The van der Waals surface area contributed by atoms with Crippen LogP contribution in [-0.2, 0) is 11.3 Å². The molecule has 31 heavy (non-hydrogen) atoms. The van der Waals surface area contributed by atoms with E-state index in [0.717, 1.165) is 11.3 Å². The molecule has 3 aromatic rings. The number of aromatic nitrogens is 1.